The minimum Gasteiger partial charge on any atom is -0.508 e. The Morgan fingerprint density at radius 1 is 1.19 bits per heavy atom. The Morgan fingerprint density at radius 2 is 2.00 bits per heavy atom. The first-order valence-corrected chi connectivity index (χ1v) is 9.17. The molecule has 2 saturated carbocycles. The Balaban J connectivity index is 1.59. The molecule has 3 spiro atoms. The summed E-state index contributed by atoms with van der Waals surface area (Å²) in [6, 6.07) is 5.01. The third-order valence-electron chi connectivity index (χ3n) is 8.00. The zero-order chi connectivity index (χ0) is 18.1. The fourth-order valence-corrected chi connectivity index (χ4v) is 7.40. The summed E-state index contributed by atoms with van der Waals surface area (Å²) in [5.74, 6) is -0.123. The van der Waals surface area contributed by atoms with Crippen LogP contribution in [0.5, 0.6) is 5.75 Å². The van der Waals surface area contributed by atoms with Crippen molar-refractivity contribution in [3.8, 4) is 5.75 Å². The largest absolute Gasteiger partial charge is 0.508 e. The van der Waals surface area contributed by atoms with Crippen LogP contribution in [0.3, 0.4) is 0 Å². The third kappa shape index (κ3) is 1.26. The van der Waals surface area contributed by atoms with Crippen molar-refractivity contribution in [2.45, 2.75) is 53.7 Å². The number of urea groups is 1. The molecular weight excluding hydrogens is 334 g/mol. The van der Waals surface area contributed by atoms with Crippen LogP contribution >= 0.6 is 0 Å². The van der Waals surface area contributed by atoms with Crippen LogP contribution in [0.15, 0.2) is 18.2 Å². The number of phenolic OH excluding ortho intramolecular Hbond substituents is 1. The Hall–Kier alpha value is -2.12. The van der Waals surface area contributed by atoms with Crippen molar-refractivity contribution in [2.75, 3.05) is 13.6 Å². The number of hydrogen-bond acceptors (Lipinski definition) is 5. The molecule has 3 amide bonds. The maximum atomic E-state index is 12.6. The molecule has 4 N–H and O–H groups in total. The molecule has 2 aliphatic heterocycles. The molecule has 0 radical (unpaired) electrons. The van der Waals surface area contributed by atoms with E-state index in [1.54, 1.807) is 12.1 Å². The minimum absolute atomic E-state index is 0.0181. The summed E-state index contributed by atoms with van der Waals surface area (Å²) < 4.78 is 0. The molecule has 26 heavy (non-hydrogen) atoms. The molecule has 3 aliphatic carbocycles. The molecule has 1 aromatic rings. The molecule has 5 atom stereocenters. The van der Waals surface area contributed by atoms with Crippen molar-refractivity contribution < 1.29 is 19.8 Å². The predicted octanol–water partition coefficient (Wildman–Crippen LogP) is 0.0923. The number of carbonyl (C=O) groups excluding carboxylic acids is 2. The number of likely N-dealkylation sites (tertiary alicyclic amines) is 1. The number of aliphatic hydroxyl groups is 1. The van der Waals surface area contributed by atoms with Gasteiger partial charge in [0.25, 0.3) is 5.91 Å². The smallest absolute Gasteiger partial charge is 0.322 e. The highest BCUT2D eigenvalue weighted by molar-refractivity contribution is 6.07. The molecule has 2 heterocycles. The van der Waals surface area contributed by atoms with E-state index >= 15 is 0 Å². The molecule has 1 aromatic carbocycles. The monoisotopic (exact) mass is 355 g/mol. The van der Waals surface area contributed by atoms with Gasteiger partial charge in [-0.3, -0.25) is 15.0 Å². The first-order valence-electron chi connectivity index (χ1n) is 9.17. The summed E-state index contributed by atoms with van der Waals surface area (Å²) >= 11 is 0. The number of aromatic hydroxyl groups is 1. The van der Waals surface area contributed by atoms with E-state index in [1.807, 2.05) is 13.1 Å². The summed E-state index contributed by atoms with van der Waals surface area (Å²) in [4.78, 5) is 26.7. The van der Waals surface area contributed by atoms with Gasteiger partial charge in [-0.15, -0.1) is 0 Å². The molecule has 2 bridgehead atoms. The van der Waals surface area contributed by atoms with E-state index < -0.39 is 22.6 Å². The molecule has 7 nitrogen and oxygen atoms in total. The van der Waals surface area contributed by atoms with Crippen molar-refractivity contribution in [3.05, 3.63) is 29.3 Å². The standard InChI is InChI=1S/C19H21N3O4/c1-22-9-16-7-17(12-6-10(23)2-3-11(12)16)8-18(14(24)20-15(25)21-18)4-5-19(17,26)13(16)22/h2-3,6,13,23,26H,4-5,7-9H2,1H3,(H2,20,21,24,25)/t13-,16?,17-,18+,19-/m1/s1. The van der Waals surface area contributed by atoms with Crippen molar-refractivity contribution in [1.29, 1.82) is 0 Å². The number of benzene rings is 1. The fraction of sp³-hybridized carbons (Fsp3) is 0.579. The number of hydrogen-bond donors (Lipinski definition) is 4. The Bertz CT molecular complexity index is 918. The van der Waals surface area contributed by atoms with Crippen molar-refractivity contribution in [2.24, 2.45) is 0 Å². The SMILES string of the molecule is CN1CC23C[C@@]4(C[C@]5(CC[C@@]4(O)[C@H]12)NC(=O)NC5=O)c1cc(O)ccc13. The molecular formula is C19H21N3O4. The normalized spacial score (nSPS) is 47.8. The van der Waals surface area contributed by atoms with Crippen molar-refractivity contribution in [3.63, 3.8) is 0 Å². The lowest BCUT2D eigenvalue weighted by molar-refractivity contribution is -0.153. The third-order valence-corrected chi connectivity index (χ3v) is 8.00. The number of nitrogens with zero attached hydrogens (tertiary/aromatic N) is 1. The van der Waals surface area contributed by atoms with Gasteiger partial charge >= 0.3 is 6.03 Å². The van der Waals surface area contributed by atoms with Gasteiger partial charge in [0.05, 0.1) is 5.60 Å². The average Bonchev–Trinajstić information content (AvgIpc) is 3.05. The summed E-state index contributed by atoms with van der Waals surface area (Å²) in [5, 5.41) is 27.3. The lowest BCUT2D eigenvalue weighted by Crippen LogP contribution is -2.75. The van der Waals surface area contributed by atoms with Gasteiger partial charge in [-0.25, -0.2) is 4.79 Å². The van der Waals surface area contributed by atoms with Crippen LogP contribution < -0.4 is 10.6 Å². The van der Waals surface area contributed by atoms with Crippen LogP contribution in [0.2, 0.25) is 0 Å². The molecule has 1 unspecified atom stereocenters. The Morgan fingerprint density at radius 3 is 2.69 bits per heavy atom. The first kappa shape index (κ1) is 15.0. The van der Waals surface area contributed by atoms with E-state index in [2.05, 4.69) is 15.5 Å². The van der Waals surface area contributed by atoms with Gasteiger partial charge in [-0.05, 0) is 56.0 Å². The van der Waals surface area contributed by atoms with Crippen molar-refractivity contribution in [1.82, 2.24) is 15.5 Å². The van der Waals surface area contributed by atoms with Crippen LogP contribution in [-0.4, -0.2) is 57.8 Å². The van der Waals surface area contributed by atoms with Crippen LogP contribution in [0.25, 0.3) is 0 Å². The molecule has 5 aliphatic rings. The van der Waals surface area contributed by atoms with Gasteiger partial charge in [0, 0.05) is 23.4 Å². The Labute approximate surface area is 150 Å². The predicted molar refractivity (Wildman–Crippen MR) is 90.7 cm³/mol. The fourth-order valence-electron chi connectivity index (χ4n) is 7.40. The number of rotatable bonds is 0. The summed E-state index contributed by atoms with van der Waals surface area (Å²) in [7, 11) is 2.04. The minimum atomic E-state index is -0.972. The lowest BCUT2D eigenvalue weighted by Gasteiger charge is -2.62. The van der Waals surface area contributed by atoms with Crippen molar-refractivity contribution >= 4 is 11.9 Å². The van der Waals surface area contributed by atoms with E-state index in [1.165, 1.54) is 5.56 Å². The lowest BCUT2D eigenvalue weighted by atomic mass is 9.52. The van der Waals surface area contributed by atoms with Gasteiger partial charge in [0.15, 0.2) is 0 Å². The van der Waals surface area contributed by atoms with Gasteiger partial charge in [-0.2, -0.15) is 0 Å². The number of nitrogens with one attached hydrogen (secondary N) is 2. The van der Waals surface area contributed by atoms with Gasteiger partial charge in [0.1, 0.15) is 11.3 Å². The second kappa shape index (κ2) is 3.92. The molecule has 6 rings (SSSR count). The van der Waals surface area contributed by atoms with E-state index in [-0.39, 0.29) is 23.1 Å². The van der Waals surface area contributed by atoms with Gasteiger partial charge in [-0.1, -0.05) is 6.07 Å². The summed E-state index contributed by atoms with van der Waals surface area (Å²) in [5.41, 5.74) is -0.553. The number of phenols is 1. The summed E-state index contributed by atoms with van der Waals surface area (Å²) in [6.07, 6.45) is 2.01. The second-order valence-electron chi connectivity index (χ2n) is 9.05. The number of carbonyl (C=O) groups is 2. The molecule has 136 valence electrons. The number of fused-ring (bicyclic) bond motifs is 2. The van der Waals surface area contributed by atoms with Crippen LogP contribution in [0.1, 0.15) is 36.8 Å². The average molecular weight is 355 g/mol. The van der Waals surface area contributed by atoms with E-state index in [9.17, 15) is 19.8 Å². The van der Waals surface area contributed by atoms with Gasteiger partial charge < -0.3 is 15.5 Å². The zero-order valence-corrected chi connectivity index (χ0v) is 14.5. The number of amides is 3. The highest BCUT2D eigenvalue weighted by Gasteiger charge is 2.82. The topological polar surface area (TPSA) is 102 Å². The molecule has 0 aromatic heterocycles. The highest BCUT2D eigenvalue weighted by atomic mass is 16.3. The second-order valence-corrected chi connectivity index (χ2v) is 9.05. The highest BCUT2D eigenvalue weighted by Crippen LogP contribution is 2.74. The van der Waals surface area contributed by atoms with Crippen LogP contribution in [0, 0.1) is 0 Å². The molecule has 7 heteroatoms. The van der Waals surface area contributed by atoms with Crippen LogP contribution in [-0.2, 0) is 15.6 Å². The maximum Gasteiger partial charge on any atom is 0.322 e. The maximum absolute atomic E-state index is 12.6. The number of imide groups is 1. The van der Waals surface area contributed by atoms with E-state index in [4.69, 9.17) is 0 Å². The van der Waals surface area contributed by atoms with Gasteiger partial charge in [0.2, 0.25) is 0 Å². The summed E-state index contributed by atoms with van der Waals surface area (Å²) in [6.45, 7) is 0.866. The van der Waals surface area contributed by atoms with E-state index in [0.717, 1.165) is 18.5 Å². The molecule has 2 saturated heterocycles. The zero-order valence-electron chi connectivity index (χ0n) is 14.5. The first-order chi connectivity index (χ1) is 12.3. The Kier molecular flexibility index (Phi) is 2.26. The van der Waals surface area contributed by atoms with Crippen LogP contribution in [0.4, 0.5) is 4.79 Å². The molecule has 4 fully saturated rings. The number of likely N-dealkylation sites (N-methyl/N-ethyl adjacent to an activating group) is 1. The van der Waals surface area contributed by atoms with E-state index in [0.29, 0.717) is 19.3 Å². The quantitative estimate of drug-likeness (QED) is 0.494.